The fraction of sp³-hybridized carbons (Fsp3) is 0.758. The maximum absolute atomic E-state index is 16.2. The molecular formula is C33H46F6OS. The van der Waals surface area contributed by atoms with Gasteiger partial charge in [-0.2, -0.15) is 33.7 Å². The average Bonchev–Trinajstić information content (AvgIpc) is 3.21. The van der Waals surface area contributed by atoms with E-state index in [4.69, 9.17) is 0 Å². The molecule has 2 fully saturated rings. The molecule has 1 aromatic carbocycles. The zero-order valence-corrected chi connectivity index (χ0v) is 25.1. The molecule has 0 aromatic heterocycles. The highest BCUT2D eigenvalue weighted by atomic mass is 32.2. The minimum absolute atomic E-state index is 0.0297. The van der Waals surface area contributed by atoms with Gasteiger partial charge in [-0.15, -0.1) is 0 Å². The second kappa shape index (κ2) is 13.5. The first-order valence-electron chi connectivity index (χ1n) is 15.5. The summed E-state index contributed by atoms with van der Waals surface area (Å²) >= 11 is 1.45. The number of halogens is 6. The van der Waals surface area contributed by atoms with Gasteiger partial charge < -0.3 is 5.11 Å². The number of allylic oxidation sites excluding steroid dienone is 1. The summed E-state index contributed by atoms with van der Waals surface area (Å²) in [7, 11) is 0. The van der Waals surface area contributed by atoms with Crippen LogP contribution in [0.15, 0.2) is 30.4 Å². The molecule has 6 atom stereocenters. The van der Waals surface area contributed by atoms with E-state index in [0.29, 0.717) is 29.1 Å². The maximum atomic E-state index is 16.2. The molecule has 1 nitrogen and oxygen atoms in total. The van der Waals surface area contributed by atoms with Crippen LogP contribution in [0.25, 0.3) is 0 Å². The lowest BCUT2D eigenvalue weighted by molar-refractivity contribution is -0.284. The van der Waals surface area contributed by atoms with Crippen LogP contribution in [0.2, 0.25) is 0 Å². The van der Waals surface area contributed by atoms with Gasteiger partial charge >= 0.3 is 12.1 Å². The summed E-state index contributed by atoms with van der Waals surface area (Å²) in [6, 6.07) is 5.33. The standard InChI is InChI=1S/C33H46F6OS/c1-22-12-15-28-29-25(16-18-31(22,28)2)24-14-13-23(40)21-27(24)30(34)26(29)11-8-6-4-3-5-7-9-19-41-20-10-17-32(35,36)33(37,38)39/h13-14,21,25-26,28-30,40H,1,3-12,15-20H2,2H3/t25?,26-,28?,29?,30+,31+/m0/s1. The first-order chi connectivity index (χ1) is 19.4. The third kappa shape index (κ3) is 7.26. The molecule has 0 radical (unpaired) electrons. The van der Waals surface area contributed by atoms with Crippen molar-refractivity contribution in [2.75, 3.05) is 11.5 Å². The van der Waals surface area contributed by atoms with Crippen LogP contribution in [-0.4, -0.2) is 28.7 Å². The van der Waals surface area contributed by atoms with Crippen molar-refractivity contribution in [3.8, 4) is 5.75 Å². The van der Waals surface area contributed by atoms with Gasteiger partial charge in [0, 0.05) is 6.42 Å². The van der Waals surface area contributed by atoms with Crippen molar-refractivity contribution in [1.29, 1.82) is 0 Å². The predicted molar refractivity (Wildman–Crippen MR) is 155 cm³/mol. The molecule has 41 heavy (non-hydrogen) atoms. The molecule has 3 unspecified atom stereocenters. The number of fused-ring (bicyclic) bond motifs is 5. The highest BCUT2D eigenvalue weighted by Gasteiger charge is 2.57. The summed E-state index contributed by atoms with van der Waals surface area (Å²) in [4.78, 5) is 0. The van der Waals surface area contributed by atoms with Crippen molar-refractivity contribution < 1.29 is 31.4 Å². The van der Waals surface area contributed by atoms with E-state index < -0.39 is 24.7 Å². The normalized spacial score (nSPS) is 29.7. The van der Waals surface area contributed by atoms with E-state index in [-0.39, 0.29) is 23.5 Å². The lowest BCUT2D eigenvalue weighted by Crippen LogP contribution is -2.45. The second-order valence-corrected chi connectivity index (χ2v) is 14.2. The van der Waals surface area contributed by atoms with Gasteiger partial charge in [0.2, 0.25) is 0 Å². The van der Waals surface area contributed by atoms with Gasteiger partial charge in [0.15, 0.2) is 0 Å². The van der Waals surface area contributed by atoms with E-state index in [0.717, 1.165) is 88.4 Å². The van der Waals surface area contributed by atoms with Crippen molar-refractivity contribution >= 4 is 11.8 Å². The van der Waals surface area contributed by atoms with E-state index in [9.17, 15) is 27.1 Å². The van der Waals surface area contributed by atoms with E-state index in [1.54, 1.807) is 12.1 Å². The number of phenols is 1. The third-order valence-electron chi connectivity index (χ3n) is 10.4. The molecule has 0 amide bonds. The van der Waals surface area contributed by atoms with E-state index in [1.807, 2.05) is 6.07 Å². The van der Waals surface area contributed by atoms with Crippen LogP contribution in [0.5, 0.6) is 5.75 Å². The van der Waals surface area contributed by atoms with Crippen LogP contribution < -0.4 is 0 Å². The number of rotatable bonds is 14. The molecule has 0 heterocycles. The molecule has 0 aliphatic heterocycles. The monoisotopic (exact) mass is 604 g/mol. The number of thioether (sulfide) groups is 1. The summed E-state index contributed by atoms with van der Waals surface area (Å²) in [5.41, 5.74) is 3.25. The summed E-state index contributed by atoms with van der Waals surface area (Å²) in [6.07, 6.45) is 4.65. The van der Waals surface area contributed by atoms with Crippen LogP contribution in [0.3, 0.4) is 0 Å². The third-order valence-corrected chi connectivity index (χ3v) is 11.6. The van der Waals surface area contributed by atoms with Crippen LogP contribution in [-0.2, 0) is 0 Å². The Hall–Kier alpha value is -1.31. The van der Waals surface area contributed by atoms with Crippen molar-refractivity contribution in [2.24, 2.45) is 23.2 Å². The number of alkyl halides is 6. The largest absolute Gasteiger partial charge is 0.508 e. The molecule has 0 bridgehead atoms. The van der Waals surface area contributed by atoms with Gasteiger partial charge in [-0.1, -0.05) is 63.7 Å². The summed E-state index contributed by atoms with van der Waals surface area (Å²) in [5, 5.41) is 10.1. The Morgan fingerprint density at radius 3 is 2.29 bits per heavy atom. The maximum Gasteiger partial charge on any atom is 0.453 e. The van der Waals surface area contributed by atoms with E-state index >= 15 is 4.39 Å². The topological polar surface area (TPSA) is 20.2 Å². The summed E-state index contributed by atoms with van der Waals surface area (Å²) in [5.74, 6) is -2.24. The first-order valence-corrected chi connectivity index (χ1v) is 16.7. The lowest BCUT2D eigenvalue weighted by Gasteiger charge is -2.53. The Morgan fingerprint density at radius 2 is 1.59 bits per heavy atom. The van der Waals surface area contributed by atoms with Crippen molar-refractivity contribution in [1.82, 2.24) is 0 Å². The van der Waals surface area contributed by atoms with Gasteiger partial charge in [0.25, 0.3) is 0 Å². The van der Waals surface area contributed by atoms with Crippen LogP contribution in [0.1, 0.15) is 120 Å². The molecule has 3 aliphatic carbocycles. The molecular weight excluding hydrogens is 558 g/mol. The molecule has 4 rings (SSSR count). The predicted octanol–water partition coefficient (Wildman–Crippen LogP) is 11.3. The second-order valence-electron chi connectivity index (χ2n) is 12.9. The molecule has 1 N–H and O–H groups in total. The highest BCUT2D eigenvalue weighted by molar-refractivity contribution is 7.99. The summed E-state index contributed by atoms with van der Waals surface area (Å²) < 4.78 is 78.6. The fourth-order valence-electron chi connectivity index (χ4n) is 8.07. The van der Waals surface area contributed by atoms with Crippen molar-refractivity contribution in [2.45, 2.75) is 121 Å². The van der Waals surface area contributed by atoms with Crippen molar-refractivity contribution in [3.05, 3.63) is 41.5 Å². The Balaban J connectivity index is 1.17. The minimum atomic E-state index is -5.46. The van der Waals surface area contributed by atoms with E-state index in [2.05, 4.69) is 13.5 Å². The Bertz CT molecular complexity index is 1030. The molecule has 0 spiro atoms. The van der Waals surface area contributed by atoms with E-state index in [1.165, 1.54) is 17.3 Å². The lowest BCUT2D eigenvalue weighted by atomic mass is 9.51. The van der Waals surface area contributed by atoms with Gasteiger partial charge in [-0.3, -0.25) is 0 Å². The molecule has 232 valence electrons. The zero-order valence-electron chi connectivity index (χ0n) is 24.3. The number of hydrogen-bond donors (Lipinski definition) is 1. The van der Waals surface area contributed by atoms with Crippen LogP contribution >= 0.6 is 11.8 Å². The molecule has 8 heteroatoms. The SMILES string of the molecule is C=C1CCC2C3C(CC[C@]12C)c1ccc(O)cc1[C@H](F)[C@H]3CCCCCCCCCSCCCC(F)(F)C(F)(F)F. The van der Waals surface area contributed by atoms with Crippen LogP contribution in [0.4, 0.5) is 26.3 Å². The number of unbranched alkanes of at least 4 members (excludes halogenated alkanes) is 6. The average molecular weight is 605 g/mol. The molecule has 1 aromatic rings. The Kier molecular flexibility index (Phi) is 10.8. The Morgan fingerprint density at radius 1 is 0.927 bits per heavy atom. The zero-order chi connectivity index (χ0) is 29.8. The van der Waals surface area contributed by atoms with Gasteiger partial charge in [-0.05, 0) is 109 Å². The van der Waals surface area contributed by atoms with Crippen LogP contribution in [0, 0.1) is 23.2 Å². The number of aromatic hydroxyl groups is 1. The first kappa shape index (κ1) is 32.6. The molecule has 0 saturated heterocycles. The molecule has 2 saturated carbocycles. The quantitative estimate of drug-likeness (QED) is 0.129. The number of hydrogen-bond acceptors (Lipinski definition) is 2. The highest BCUT2D eigenvalue weighted by Crippen LogP contribution is 2.66. The molecule has 3 aliphatic rings. The summed E-state index contributed by atoms with van der Waals surface area (Å²) in [6.45, 7) is 6.76. The smallest absolute Gasteiger partial charge is 0.453 e. The van der Waals surface area contributed by atoms with Crippen molar-refractivity contribution in [3.63, 3.8) is 0 Å². The Labute approximate surface area is 245 Å². The number of benzene rings is 1. The van der Waals surface area contributed by atoms with Gasteiger partial charge in [0.05, 0.1) is 0 Å². The number of phenolic OH excluding ortho intramolecular Hbond substituents is 1. The fourth-order valence-corrected chi connectivity index (χ4v) is 9.04. The van der Waals surface area contributed by atoms with Gasteiger partial charge in [0.1, 0.15) is 11.9 Å². The van der Waals surface area contributed by atoms with Gasteiger partial charge in [-0.25, -0.2) is 4.39 Å². The minimum Gasteiger partial charge on any atom is -0.508 e.